The molecular formula is C16H26N2O2S. The van der Waals surface area contributed by atoms with Gasteiger partial charge in [-0.25, -0.2) is 8.42 Å². The van der Waals surface area contributed by atoms with Gasteiger partial charge in [-0.3, -0.25) is 0 Å². The van der Waals surface area contributed by atoms with Crippen molar-refractivity contribution in [3.8, 4) is 0 Å². The van der Waals surface area contributed by atoms with E-state index in [0.717, 1.165) is 31.4 Å². The van der Waals surface area contributed by atoms with E-state index in [1.165, 1.54) is 0 Å². The summed E-state index contributed by atoms with van der Waals surface area (Å²) in [4.78, 5) is 0.416. The maximum atomic E-state index is 12.7. The minimum atomic E-state index is -3.36. The van der Waals surface area contributed by atoms with Crippen LogP contribution in [0.5, 0.6) is 0 Å². The molecule has 5 heteroatoms. The van der Waals surface area contributed by atoms with Gasteiger partial charge in [0.05, 0.1) is 4.90 Å². The summed E-state index contributed by atoms with van der Waals surface area (Å²) in [6.45, 7) is 7.57. The average molecular weight is 310 g/mol. The van der Waals surface area contributed by atoms with Crippen LogP contribution < -0.4 is 5.32 Å². The summed E-state index contributed by atoms with van der Waals surface area (Å²) in [5.74, 6) is 0. The predicted molar refractivity (Wildman–Crippen MR) is 85.7 cm³/mol. The molecule has 0 spiro atoms. The maximum absolute atomic E-state index is 12.7. The number of rotatable bonds is 8. The van der Waals surface area contributed by atoms with Crippen molar-refractivity contribution in [2.75, 3.05) is 13.1 Å². The summed E-state index contributed by atoms with van der Waals surface area (Å²) in [6, 6.07) is 7.71. The van der Waals surface area contributed by atoms with E-state index in [-0.39, 0.29) is 12.1 Å². The van der Waals surface area contributed by atoms with Crippen molar-refractivity contribution in [2.24, 2.45) is 0 Å². The van der Waals surface area contributed by atoms with Gasteiger partial charge in [-0.15, -0.1) is 0 Å². The van der Waals surface area contributed by atoms with Gasteiger partial charge in [0, 0.05) is 18.6 Å². The van der Waals surface area contributed by atoms with Crippen LogP contribution in [0.1, 0.15) is 51.6 Å². The second kappa shape index (κ2) is 6.90. The van der Waals surface area contributed by atoms with E-state index in [2.05, 4.69) is 19.2 Å². The molecule has 1 atom stereocenters. The van der Waals surface area contributed by atoms with Gasteiger partial charge in [0.15, 0.2) is 0 Å². The molecular weight excluding hydrogens is 284 g/mol. The van der Waals surface area contributed by atoms with Crippen molar-refractivity contribution < 1.29 is 8.42 Å². The third kappa shape index (κ3) is 3.84. The molecule has 0 bridgehead atoms. The maximum Gasteiger partial charge on any atom is 0.243 e. The molecule has 0 aliphatic heterocycles. The molecule has 21 heavy (non-hydrogen) atoms. The van der Waals surface area contributed by atoms with Crippen LogP contribution >= 0.6 is 0 Å². The van der Waals surface area contributed by atoms with E-state index in [1.807, 2.05) is 25.1 Å². The molecule has 1 N–H and O–H groups in total. The number of nitrogens with zero attached hydrogens (tertiary/aromatic N) is 1. The second-order valence-electron chi connectivity index (χ2n) is 5.69. The SMILES string of the molecule is CCCNC(C)c1cccc(S(=O)(=O)N(CC)C2CC2)c1. The molecule has 0 amide bonds. The first-order valence-corrected chi connectivity index (χ1v) is 9.29. The summed E-state index contributed by atoms with van der Waals surface area (Å²) >= 11 is 0. The molecule has 1 aliphatic rings. The van der Waals surface area contributed by atoms with Gasteiger partial charge in [-0.2, -0.15) is 4.31 Å². The molecule has 1 aromatic rings. The summed E-state index contributed by atoms with van der Waals surface area (Å²) in [5, 5.41) is 3.40. The lowest BCUT2D eigenvalue weighted by molar-refractivity contribution is 0.421. The van der Waals surface area contributed by atoms with E-state index in [4.69, 9.17) is 0 Å². The fraction of sp³-hybridized carbons (Fsp3) is 0.625. The van der Waals surface area contributed by atoms with Gasteiger partial charge in [-0.05, 0) is 50.4 Å². The Bertz CT molecular complexity index is 567. The Hall–Kier alpha value is -0.910. The monoisotopic (exact) mass is 310 g/mol. The standard InChI is InChI=1S/C16H26N2O2S/c1-4-11-17-13(3)14-7-6-8-16(12-14)21(19,20)18(5-2)15-9-10-15/h6-8,12-13,15,17H,4-5,9-11H2,1-3H3. The molecule has 118 valence electrons. The number of hydrogen-bond acceptors (Lipinski definition) is 3. The van der Waals surface area contributed by atoms with Crippen molar-refractivity contribution in [1.82, 2.24) is 9.62 Å². The van der Waals surface area contributed by atoms with Crippen LogP contribution in [0, 0.1) is 0 Å². The molecule has 1 saturated carbocycles. The number of hydrogen-bond donors (Lipinski definition) is 1. The molecule has 1 unspecified atom stereocenters. The first kappa shape index (κ1) is 16.5. The molecule has 2 rings (SSSR count). The zero-order chi connectivity index (χ0) is 15.5. The van der Waals surface area contributed by atoms with Gasteiger partial charge in [0.1, 0.15) is 0 Å². The van der Waals surface area contributed by atoms with E-state index >= 15 is 0 Å². The van der Waals surface area contributed by atoms with Gasteiger partial charge in [0.2, 0.25) is 10.0 Å². The van der Waals surface area contributed by atoms with Crippen LogP contribution in [-0.4, -0.2) is 31.9 Å². The van der Waals surface area contributed by atoms with E-state index in [1.54, 1.807) is 10.4 Å². The van der Waals surface area contributed by atoms with Crippen LogP contribution in [0.3, 0.4) is 0 Å². The van der Waals surface area contributed by atoms with Crippen LogP contribution in [0.4, 0.5) is 0 Å². The van der Waals surface area contributed by atoms with E-state index in [9.17, 15) is 8.42 Å². The highest BCUT2D eigenvalue weighted by molar-refractivity contribution is 7.89. The smallest absolute Gasteiger partial charge is 0.243 e. The largest absolute Gasteiger partial charge is 0.310 e. The van der Waals surface area contributed by atoms with E-state index < -0.39 is 10.0 Å². The Balaban J connectivity index is 2.23. The lowest BCUT2D eigenvalue weighted by Gasteiger charge is -2.21. The Morgan fingerprint density at radius 1 is 1.33 bits per heavy atom. The zero-order valence-corrected chi connectivity index (χ0v) is 14.0. The first-order chi connectivity index (χ1) is 10.0. The van der Waals surface area contributed by atoms with E-state index in [0.29, 0.717) is 11.4 Å². The summed E-state index contributed by atoms with van der Waals surface area (Å²) < 4.78 is 27.1. The molecule has 0 radical (unpaired) electrons. The average Bonchev–Trinajstić information content (AvgIpc) is 3.30. The van der Waals surface area contributed by atoms with Gasteiger partial charge in [-0.1, -0.05) is 26.0 Å². The molecule has 0 heterocycles. The fourth-order valence-corrected chi connectivity index (χ4v) is 4.29. The molecule has 4 nitrogen and oxygen atoms in total. The molecule has 1 aromatic carbocycles. The van der Waals surface area contributed by atoms with Gasteiger partial charge < -0.3 is 5.32 Å². The Morgan fingerprint density at radius 2 is 2.05 bits per heavy atom. The summed E-state index contributed by atoms with van der Waals surface area (Å²) in [5.41, 5.74) is 1.02. The molecule has 0 saturated heterocycles. The topological polar surface area (TPSA) is 49.4 Å². The Labute approximate surface area is 128 Å². The fourth-order valence-electron chi connectivity index (χ4n) is 2.55. The highest BCUT2D eigenvalue weighted by Crippen LogP contribution is 2.32. The quantitative estimate of drug-likeness (QED) is 0.803. The lowest BCUT2D eigenvalue weighted by Crippen LogP contribution is -2.33. The Morgan fingerprint density at radius 3 is 2.62 bits per heavy atom. The summed E-state index contributed by atoms with van der Waals surface area (Å²) in [6.07, 6.45) is 3.04. The Kier molecular flexibility index (Phi) is 5.41. The lowest BCUT2D eigenvalue weighted by atomic mass is 10.1. The highest BCUT2D eigenvalue weighted by Gasteiger charge is 2.36. The van der Waals surface area contributed by atoms with Crippen molar-refractivity contribution in [3.05, 3.63) is 29.8 Å². The predicted octanol–water partition coefficient (Wildman–Crippen LogP) is 2.92. The van der Waals surface area contributed by atoms with Crippen LogP contribution in [-0.2, 0) is 10.0 Å². The normalized spacial score (nSPS) is 17.1. The highest BCUT2D eigenvalue weighted by atomic mass is 32.2. The van der Waals surface area contributed by atoms with Crippen LogP contribution in [0.25, 0.3) is 0 Å². The van der Waals surface area contributed by atoms with Crippen LogP contribution in [0.2, 0.25) is 0 Å². The molecule has 1 fully saturated rings. The minimum absolute atomic E-state index is 0.163. The van der Waals surface area contributed by atoms with Gasteiger partial charge >= 0.3 is 0 Å². The van der Waals surface area contributed by atoms with Crippen LogP contribution in [0.15, 0.2) is 29.2 Å². The first-order valence-electron chi connectivity index (χ1n) is 7.85. The third-order valence-corrected chi connectivity index (χ3v) is 5.95. The van der Waals surface area contributed by atoms with Crippen molar-refractivity contribution in [2.45, 2.75) is 57.0 Å². The zero-order valence-electron chi connectivity index (χ0n) is 13.2. The van der Waals surface area contributed by atoms with Crippen molar-refractivity contribution in [1.29, 1.82) is 0 Å². The number of sulfonamides is 1. The van der Waals surface area contributed by atoms with Crippen molar-refractivity contribution >= 4 is 10.0 Å². The third-order valence-electron chi connectivity index (χ3n) is 3.93. The van der Waals surface area contributed by atoms with Crippen molar-refractivity contribution in [3.63, 3.8) is 0 Å². The second-order valence-corrected chi connectivity index (χ2v) is 7.58. The molecule has 0 aromatic heterocycles. The number of nitrogens with one attached hydrogen (secondary N) is 1. The molecule has 1 aliphatic carbocycles. The van der Waals surface area contributed by atoms with Gasteiger partial charge in [0.25, 0.3) is 0 Å². The minimum Gasteiger partial charge on any atom is -0.310 e. The summed E-state index contributed by atoms with van der Waals surface area (Å²) in [7, 11) is -3.36. The number of benzene rings is 1.